The largest absolute Gasteiger partial charge is 0.452 e. The van der Waals surface area contributed by atoms with E-state index in [0.29, 0.717) is 27.8 Å². The van der Waals surface area contributed by atoms with Gasteiger partial charge in [-0.2, -0.15) is 0 Å². The highest BCUT2D eigenvalue weighted by Gasteiger charge is 2.17. The fourth-order valence-corrected chi connectivity index (χ4v) is 3.85. The first kappa shape index (κ1) is 19.8. The van der Waals surface area contributed by atoms with Crippen molar-refractivity contribution in [1.82, 2.24) is 4.98 Å². The van der Waals surface area contributed by atoms with E-state index in [4.69, 9.17) is 4.74 Å². The first-order valence-electron chi connectivity index (χ1n) is 9.49. The summed E-state index contributed by atoms with van der Waals surface area (Å²) in [5.74, 6) is -0.934. The first-order chi connectivity index (χ1) is 14.5. The van der Waals surface area contributed by atoms with Crippen LogP contribution < -0.4 is 5.32 Å². The molecule has 0 radical (unpaired) electrons. The summed E-state index contributed by atoms with van der Waals surface area (Å²) in [6.45, 7) is 3.50. The molecule has 0 bridgehead atoms. The zero-order valence-corrected chi connectivity index (χ0v) is 17.5. The molecule has 1 amide bonds. The maximum Gasteiger partial charge on any atom is 0.339 e. The number of rotatable bonds is 5. The molecule has 5 nitrogen and oxygen atoms in total. The Bertz CT molecular complexity index is 1230. The lowest BCUT2D eigenvalue weighted by Gasteiger charge is -2.11. The number of thiophene rings is 1. The number of nitrogens with zero attached hydrogens (tertiary/aromatic N) is 1. The summed E-state index contributed by atoms with van der Waals surface area (Å²) in [5.41, 5.74) is 4.50. The minimum atomic E-state index is -0.553. The number of aromatic nitrogens is 1. The SMILES string of the molecule is Cc1ccc(C)c(NC(=O)COC(=O)c2cc(-c3cccs3)nc3ccccc23)c1. The summed E-state index contributed by atoms with van der Waals surface area (Å²) in [6.07, 6.45) is 0. The molecule has 6 heteroatoms. The van der Waals surface area contributed by atoms with Crippen LogP contribution >= 0.6 is 11.3 Å². The number of esters is 1. The number of hydrogen-bond donors (Lipinski definition) is 1. The number of fused-ring (bicyclic) bond motifs is 1. The number of carbonyl (C=O) groups is 2. The van der Waals surface area contributed by atoms with Crippen LogP contribution in [0.3, 0.4) is 0 Å². The molecule has 4 rings (SSSR count). The number of ether oxygens (including phenoxy) is 1. The first-order valence-corrected chi connectivity index (χ1v) is 10.4. The van der Waals surface area contributed by atoms with Crippen molar-refractivity contribution in [3.8, 4) is 10.6 Å². The van der Waals surface area contributed by atoms with Crippen LogP contribution in [0.5, 0.6) is 0 Å². The number of aryl methyl sites for hydroxylation is 2. The highest BCUT2D eigenvalue weighted by Crippen LogP contribution is 2.28. The predicted molar refractivity (Wildman–Crippen MR) is 120 cm³/mol. The molecule has 0 spiro atoms. The van der Waals surface area contributed by atoms with Gasteiger partial charge in [0.1, 0.15) is 0 Å². The van der Waals surface area contributed by atoms with E-state index in [1.807, 2.05) is 73.8 Å². The van der Waals surface area contributed by atoms with Crippen molar-refractivity contribution >= 4 is 39.8 Å². The van der Waals surface area contributed by atoms with Crippen molar-refractivity contribution < 1.29 is 14.3 Å². The molecule has 150 valence electrons. The Balaban J connectivity index is 1.54. The lowest BCUT2D eigenvalue weighted by molar-refractivity contribution is -0.119. The third kappa shape index (κ3) is 4.23. The molecule has 2 aromatic carbocycles. The van der Waals surface area contributed by atoms with Crippen LogP contribution in [0.1, 0.15) is 21.5 Å². The van der Waals surface area contributed by atoms with E-state index in [1.165, 1.54) is 0 Å². The third-order valence-electron chi connectivity index (χ3n) is 4.71. The Labute approximate surface area is 178 Å². The van der Waals surface area contributed by atoms with Crippen molar-refractivity contribution in [2.45, 2.75) is 13.8 Å². The Hall–Kier alpha value is -3.51. The molecule has 0 aliphatic carbocycles. The molecule has 30 heavy (non-hydrogen) atoms. The van der Waals surface area contributed by atoms with Crippen molar-refractivity contribution in [2.24, 2.45) is 0 Å². The molecule has 2 aromatic heterocycles. The Morgan fingerprint density at radius 1 is 1.03 bits per heavy atom. The number of nitrogens with one attached hydrogen (secondary N) is 1. The van der Waals surface area contributed by atoms with Crippen molar-refractivity contribution in [3.05, 3.63) is 82.7 Å². The highest BCUT2D eigenvalue weighted by molar-refractivity contribution is 7.13. The minimum absolute atomic E-state index is 0.364. The van der Waals surface area contributed by atoms with Crippen LogP contribution in [-0.2, 0) is 9.53 Å². The van der Waals surface area contributed by atoms with Crippen molar-refractivity contribution in [1.29, 1.82) is 0 Å². The Kier molecular flexibility index (Phi) is 5.59. The summed E-state index contributed by atoms with van der Waals surface area (Å²) in [6, 6.07) is 18.8. The lowest BCUT2D eigenvalue weighted by Crippen LogP contribution is -2.21. The highest BCUT2D eigenvalue weighted by atomic mass is 32.1. The molecule has 0 fully saturated rings. The van der Waals surface area contributed by atoms with Crippen molar-refractivity contribution in [3.63, 3.8) is 0 Å². The normalized spacial score (nSPS) is 10.7. The number of benzene rings is 2. The topological polar surface area (TPSA) is 68.3 Å². The van der Waals surface area contributed by atoms with Gasteiger partial charge < -0.3 is 10.1 Å². The lowest BCUT2D eigenvalue weighted by atomic mass is 10.1. The van der Waals surface area contributed by atoms with E-state index in [-0.39, 0.29) is 12.5 Å². The van der Waals surface area contributed by atoms with Gasteiger partial charge in [-0.05, 0) is 54.6 Å². The molecule has 0 atom stereocenters. The van der Waals surface area contributed by atoms with Gasteiger partial charge in [0.25, 0.3) is 5.91 Å². The molecular formula is C24H20N2O3S. The quantitative estimate of drug-likeness (QED) is 0.444. The van der Waals surface area contributed by atoms with E-state index < -0.39 is 5.97 Å². The number of anilines is 1. The van der Waals surface area contributed by atoms with Crippen LogP contribution in [0, 0.1) is 13.8 Å². The summed E-state index contributed by atoms with van der Waals surface area (Å²) in [5, 5.41) is 5.45. The molecule has 4 aromatic rings. The summed E-state index contributed by atoms with van der Waals surface area (Å²) in [7, 11) is 0. The summed E-state index contributed by atoms with van der Waals surface area (Å²) < 4.78 is 5.34. The average Bonchev–Trinajstić information content (AvgIpc) is 3.29. The van der Waals surface area contributed by atoms with Gasteiger partial charge in [0, 0.05) is 11.1 Å². The minimum Gasteiger partial charge on any atom is -0.452 e. The molecule has 0 saturated carbocycles. The summed E-state index contributed by atoms with van der Waals surface area (Å²) in [4.78, 5) is 30.8. The van der Waals surface area contributed by atoms with Gasteiger partial charge in [-0.25, -0.2) is 9.78 Å². The monoisotopic (exact) mass is 416 g/mol. The second-order valence-electron chi connectivity index (χ2n) is 6.99. The van der Waals surface area contributed by atoms with Gasteiger partial charge in [0.15, 0.2) is 6.61 Å². The number of carbonyl (C=O) groups excluding carboxylic acids is 2. The number of amides is 1. The van der Waals surface area contributed by atoms with E-state index in [2.05, 4.69) is 10.3 Å². The molecule has 0 unspecified atom stereocenters. The second kappa shape index (κ2) is 8.47. The third-order valence-corrected chi connectivity index (χ3v) is 5.60. The molecule has 2 heterocycles. The standard InChI is InChI=1S/C24H20N2O3S/c1-15-9-10-16(2)20(12-15)26-23(27)14-29-24(28)18-13-21(22-8-5-11-30-22)25-19-7-4-3-6-17(18)19/h3-13H,14H2,1-2H3,(H,26,27). The van der Waals surface area contributed by atoms with Crippen LogP contribution in [0.15, 0.2) is 66.0 Å². The van der Waals surface area contributed by atoms with Crippen LogP contribution in [0.25, 0.3) is 21.5 Å². The fraction of sp³-hybridized carbons (Fsp3) is 0.125. The Morgan fingerprint density at radius 3 is 2.67 bits per heavy atom. The smallest absolute Gasteiger partial charge is 0.339 e. The molecular weight excluding hydrogens is 396 g/mol. The van der Waals surface area contributed by atoms with Gasteiger partial charge in [-0.3, -0.25) is 4.79 Å². The van der Waals surface area contributed by atoms with Gasteiger partial charge in [-0.1, -0.05) is 36.4 Å². The maximum atomic E-state index is 12.8. The maximum absolute atomic E-state index is 12.8. The van der Waals surface area contributed by atoms with E-state index in [1.54, 1.807) is 17.4 Å². The zero-order valence-electron chi connectivity index (χ0n) is 16.6. The average molecular weight is 417 g/mol. The second-order valence-corrected chi connectivity index (χ2v) is 7.94. The van der Waals surface area contributed by atoms with Gasteiger partial charge in [-0.15, -0.1) is 11.3 Å². The zero-order chi connectivity index (χ0) is 21.1. The van der Waals surface area contributed by atoms with Crippen molar-refractivity contribution in [2.75, 3.05) is 11.9 Å². The van der Waals surface area contributed by atoms with E-state index in [0.717, 1.165) is 16.0 Å². The summed E-state index contributed by atoms with van der Waals surface area (Å²) >= 11 is 1.55. The van der Waals surface area contributed by atoms with Gasteiger partial charge in [0.05, 0.1) is 21.7 Å². The molecule has 0 aliphatic heterocycles. The fourth-order valence-electron chi connectivity index (χ4n) is 3.16. The van der Waals surface area contributed by atoms with E-state index >= 15 is 0 Å². The number of hydrogen-bond acceptors (Lipinski definition) is 5. The van der Waals surface area contributed by atoms with E-state index in [9.17, 15) is 9.59 Å². The molecule has 1 N–H and O–H groups in total. The van der Waals surface area contributed by atoms with Crippen LogP contribution in [-0.4, -0.2) is 23.5 Å². The number of para-hydroxylation sites is 1. The Morgan fingerprint density at radius 2 is 1.87 bits per heavy atom. The predicted octanol–water partition coefficient (Wildman–Crippen LogP) is 5.38. The van der Waals surface area contributed by atoms with Crippen LogP contribution in [0.2, 0.25) is 0 Å². The molecule has 0 aliphatic rings. The van der Waals surface area contributed by atoms with Gasteiger partial charge >= 0.3 is 5.97 Å². The van der Waals surface area contributed by atoms with Crippen LogP contribution in [0.4, 0.5) is 5.69 Å². The molecule has 0 saturated heterocycles. The number of pyridine rings is 1. The van der Waals surface area contributed by atoms with Gasteiger partial charge in [0.2, 0.25) is 0 Å².